The quantitative estimate of drug-likeness (QED) is 0.275. The highest BCUT2D eigenvalue weighted by molar-refractivity contribution is 8.00. The van der Waals surface area contributed by atoms with Crippen molar-refractivity contribution in [1.82, 2.24) is 9.55 Å². The first-order valence-corrected chi connectivity index (χ1v) is 12.4. The average molecular weight is 466 g/mol. The highest BCUT2D eigenvalue weighted by Gasteiger charge is 2.34. The number of ether oxygens (including phenoxy) is 1. The lowest BCUT2D eigenvalue weighted by atomic mass is 10.1. The van der Waals surface area contributed by atoms with Crippen molar-refractivity contribution in [1.29, 1.82) is 0 Å². The number of hydrogen-bond donors (Lipinski definition) is 0. The Bertz CT molecular complexity index is 1210. The predicted molar refractivity (Wildman–Crippen MR) is 134 cm³/mol. The minimum absolute atomic E-state index is 0.0366. The molecule has 0 aliphatic carbocycles. The molecule has 4 rings (SSSR count). The molecule has 0 saturated heterocycles. The minimum Gasteiger partial charge on any atom is -0.379 e. The zero-order valence-corrected chi connectivity index (χ0v) is 20.5. The monoisotopic (exact) mass is 465 g/mol. The van der Waals surface area contributed by atoms with Gasteiger partial charge in [-0.15, -0.1) is 0 Å². The molecule has 0 fully saturated rings. The van der Waals surface area contributed by atoms with Gasteiger partial charge in [-0.2, -0.15) is 0 Å². The van der Waals surface area contributed by atoms with Gasteiger partial charge in [-0.25, -0.2) is 4.98 Å². The third-order valence-electron chi connectivity index (χ3n) is 5.88. The van der Waals surface area contributed by atoms with E-state index < -0.39 is 0 Å². The number of fused-ring (bicyclic) bond motifs is 2. The van der Waals surface area contributed by atoms with Crippen LogP contribution in [0.3, 0.4) is 0 Å². The Balaban J connectivity index is 1.61. The van der Waals surface area contributed by atoms with E-state index in [1.54, 1.807) is 10.6 Å². The number of amides is 1. The standard InChI is InChI=1S/C26H31N3O3S/c1-17(2)32-15-9-14-28-25(31)21-11-6-7-12-22(21)27-26(28)33-19(4)24(30)29-18(3)16-20-10-5-8-13-23(20)29/h5-8,10-13,17-19H,9,14-16H2,1-4H3/t18-,19+/m1/s1. The topological polar surface area (TPSA) is 64.4 Å². The number of para-hydroxylation sites is 2. The van der Waals surface area contributed by atoms with E-state index in [4.69, 9.17) is 9.72 Å². The second-order valence-electron chi connectivity index (χ2n) is 8.79. The fraction of sp³-hybridized carbons (Fsp3) is 0.423. The van der Waals surface area contributed by atoms with Crippen molar-refractivity contribution in [3.05, 3.63) is 64.4 Å². The van der Waals surface area contributed by atoms with Crippen molar-refractivity contribution < 1.29 is 9.53 Å². The van der Waals surface area contributed by atoms with Crippen molar-refractivity contribution in [3.63, 3.8) is 0 Å². The van der Waals surface area contributed by atoms with Crippen LogP contribution >= 0.6 is 11.8 Å². The Hall–Kier alpha value is -2.64. The van der Waals surface area contributed by atoms with Gasteiger partial charge >= 0.3 is 0 Å². The van der Waals surface area contributed by atoms with E-state index in [0.29, 0.717) is 35.6 Å². The van der Waals surface area contributed by atoms with Gasteiger partial charge in [0.05, 0.1) is 22.3 Å². The Morgan fingerprint density at radius 2 is 1.88 bits per heavy atom. The molecule has 1 aromatic heterocycles. The lowest BCUT2D eigenvalue weighted by Gasteiger charge is -2.26. The van der Waals surface area contributed by atoms with Crippen LogP contribution in [0.2, 0.25) is 0 Å². The Morgan fingerprint density at radius 3 is 2.67 bits per heavy atom. The fourth-order valence-electron chi connectivity index (χ4n) is 4.28. The smallest absolute Gasteiger partial charge is 0.262 e. The molecule has 174 valence electrons. The van der Waals surface area contributed by atoms with E-state index in [2.05, 4.69) is 13.0 Å². The maximum Gasteiger partial charge on any atom is 0.262 e. The minimum atomic E-state index is -0.384. The molecule has 0 N–H and O–H groups in total. The molecule has 2 aromatic carbocycles. The Kier molecular flexibility index (Phi) is 7.20. The van der Waals surface area contributed by atoms with Crippen LogP contribution in [0.25, 0.3) is 10.9 Å². The van der Waals surface area contributed by atoms with E-state index in [1.807, 2.05) is 62.1 Å². The number of rotatable bonds is 8. The molecule has 0 radical (unpaired) electrons. The van der Waals surface area contributed by atoms with Gasteiger partial charge in [-0.1, -0.05) is 42.1 Å². The van der Waals surface area contributed by atoms with E-state index in [0.717, 1.165) is 12.1 Å². The van der Waals surface area contributed by atoms with Crippen LogP contribution in [0.15, 0.2) is 58.5 Å². The van der Waals surface area contributed by atoms with Crippen LogP contribution in [0, 0.1) is 0 Å². The first kappa shape index (κ1) is 23.5. The number of carbonyl (C=O) groups is 1. The van der Waals surface area contributed by atoms with Gasteiger partial charge in [-0.05, 0) is 64.3 Å². The van der Waals surface area contributed by atoms with Crippen LogP contribution in [-0.2, 0) is 22.5 Å². The summed E-state index contributed by atoms with van der Waals surface area (Å²) in [4.78, 5) is 33.4. The average Bonchev–Trinajstić information content (AvgIpc) is 3.13. The molecular formula is C26H31N3O3S. The van der Waals surface area contributed by atoms with Crippen LogP contribution in [0.4, 0.5) is 5.69 Å². The lowest BCUT2D eigenvalue weighted by molar-refractivity contribution is -0.118. The zero-order valence-electron chi connectivity index (χ0n) is 19.7. The van der Waals surface area contributed by atoms with Crippen molar-refractivity contribution in [3.8, 4) is 0 Å². The number of hydrogen-bond acceptors (Lipinski definition) is 5. The number of nitrogens with zero attached hydrogens (tertiary/aromatic N) is 3. The summed E-state index contributed by atoms with van der Waals surface area (Å²) in [6.07, 6.45) is 1.70. The molecule has 33 heavy (non-hydrogen) atoms. The van der Waals surface area contributed by atoms with Crippen molar-refractivity contribution >= 4 is 34.3 Å². The van der Waals surface area contributed by atoms with E-state index >= 15 is 0 Å². The molecule has 0 saturated carbocycles. The molecule has 0 bridgehead atoms. The van der Waals surface area contributed by atoms with Gasteiger partial charge in [-0.3, -0.25) is 14.2 Å². The van der Waals surface area contributed by atoms with Crippen LogP contribution < -0.4 is 10.5 Å². The van der Waals surface area contributed by atoms with Gasteiger partial charge in [0.25, 0.3) is 5.56 Å². The van der Waals surface area contributed by atoms with Crippen molar-refractivity contribution in [2.45, 2.75) is 69.6 Å². The molecular weight excluding hydrogens is 434 g/mol. The predicted octanol–water partition coefficient (Wildman–Crippen LogP) is 4.67. The summed E-state index contributed by atoms with van der Waals surface area (Å²) in [5.74, 6) is 0.0366. The van der Waals surface area contributed by atoms with E-state index in [1.165, 1.54) is 17.3 Å². The molecule has 7 heteroatoms. The molecule has 0 unspecified atom stereocenters. The maximum absolute atomic E-state index is 13.5. The normalized spacial score (nSPS) is 16.4. The summed E-state index contributed by atoms with van der Waals surface area (Å²) in [7, 11) is 0. The highest BCUT2D eigenvalue weighted by atomic mass is 32.2. The second-order valence-corrected chi connectivity index (χ2v) is 10.1. The van der Waals surface area contributed by atoms with Gasteiger partial charge in [0.1, 0.15) is 0 Å². The maximum atomic E-state index is 13.5. The van der Waals surface area contributed by atoms with Crippen LogP contribution in [0.5, 0.6) is 0 Å². The van der Waals surface area contributed by atoms with Gasteiger partial charge < -0.3 is 9.64 Å². The third kappa shape index (κ3) is 4.99. The molecule has 6 nitrogen and oxygen atoms in total. The zero-order chi connectivity index (χ0) is 23.5. The SMILES string of the molecule is CC(C)OCCCn1c(S[C@@H](C)C(=O)N2c3ccccc3C[C@H]2C)nc2ccccc2c1=O. The van der Waals surface area contributed by atoms with E-state index in [9.17, 15) is 9.59 Å². The molecule has 1 aliphatic rings. The summed E-state index contributed by atoms with van der Waals surface area (Å²) >= 11 is 1.36. The molecule has 2 heterocycles. The second kappa shape index (κ2) is 10.1. The largest absolute Gasteiger partial charge is 0.379 e. The summed E-state index contributed by atoms with van der Waals surface area (Å²) in [5, 5.41) is 0.779. The summed E-state index contributed by atoms with van der Waals surface area (Å²) in [6, 6.07) is 15.6. The van der Waals surface area contributed by atoms with Gasteiger partial charge in [0, 0.05) is 24.9 Å². The number of carbonyl (C=O) groups excluding carboxylic acids is 1. The molecule has 3 aromatic rings. The van der Waals surface area contributed by atoms with Crippen LogP contribution in [0.1, 0.15) is 39.7 Å². The van der Waals surface area contributed by atoms with Gasteiger partial charge in [0.2, 0.25) is 5.91 Å². The van der Waals surface area contributed by atoms with Crippen molar-refractivity contribution in [2.75, 3.05) is 11.5 Å². The number of thioether (sulfide) groups is 1. The number of aromatic nitrogens is 2. The highest BCUT2D eigenvalue weighted by Crippen LogP contribution is 2.34. The molecule has 1 aliphatic heterocycles. The Labute approximate surface area is 199 Å². The first-order valence-electron chi connectivity index (χ1n) is 11.6. The molecule has 0 spiro atoms. The summed E-state index contributed by atoms with van der Waals surface area (Å²) in [5.41, 5.74) is 2.75. The third-order valence-corrected chi connectivity index (χ3v) is 6.96. The number of anilines is 1. The van der Waals surface area contributed by atoms with Gasteiger partial charge in [0.15, 0.2) is 5.16 Å². The fourth-order valence-corrected chi connectivity index (χ4v) is 5.27. The molecule has 2 atom stereocenters. The lowest BCUT2D eigenvalue weighted by Crippen LogP contribution is -2.40. The first-order chi connectivity index (χ1) is 15.9. The van der Waals surface area contributed by atoms with Crippen LogP contribution in [-0.4, -0.2) is 39.5 Å². The van der Waals surface area contributed by atoms with E-state index in [-0.39, 0.29) is 28.9 Å². The summed E-state index contributed by atoms with van der Waals surface area (Å²) < 4.78 is 7.36. The number of benzene rings is 2. The summed E-state index contributed by atoms with van der Waals surface area (Å²) in [6.45, 7) is 9.03. The van der Waals surface area contributed by atoms with Crippen molar-refractivity contribution in [2.24, 2.45) is 0 Å². The molecule has 1 amide bonds. The Morgan fingerprint density at radius 1 is 1.15 bits per heavy atom.